The summed E-state index contributed by atoms with van der Waals surface area (Å²) in [5.41, 5.74) is 3.25. The zero-order chi connectivity index (χ0) is 14.7. The Morgan fingerprint density at radius 2 is 1.70 bits per heavy atom. The van der Waals surface area contributed by atoms with E-state index in [-0.39, 0.29) is 5.82 Å². The highest BCUT2D eigenvalue weighted by molar-refractivity contribution is 5.40. The van der Waals surface area contributed by atoms with Crippen molar-refractivity contribution in [2.45, 2.75) is 40.0 Å². The van der Waals surface area contributed by atoms with Gasteiger partial charge in [-0.15, -0.1) is 0 Å². The second-order valence-corrected chi connectivity index (χ2v) is 5.38. The molecule has 0 atom stereocenters. The summed E-state index contributed by atoms with van der Waals surface area (Å²) in [6.45, 7) is 8.27. The third-order valence-electron chi connectivity index (χ3n) is 3.48. The zero-order valence-electron chi connectivity index (χ0n) is 12.5. The SMILES string of the molecule is CCc1cc(Oc2ccc(F)c(C)c2)ccc1C(C)C. The Morgan fingerprint density at radius 3 is 2.30 bits per heavy atom. The van der Waals surface area contributed by atoms with Crippen molar-refractivity contribution in [3.8, 4) is 11.5 Å². The average molecular weight is 272 g/mol. The van der Waals surface area contributed by atoms with Crippen molar-refractivity contribution in [2.75, 3.05) is 0 Å². The van der Waals surface area contributed by atoms with E-state index in [2.05, 4.69) is 32.9 Å². The Labute approximate surface area is 120 Å². The zero-order valence-corrected chi connectivity index (χ0v) is 12.5. The first-order valence-corrected chi connectivity index (χ1v) is 7.08. The van der Waals surface area contributed by atoms with Gasteiger partial charge in [-0.25, -0.2) is 4.39 Å². The quantitative estimate of drug-likeness (QED) is 0.702. The molecule has 0 aliphatic heterocycles. The van der Waals surface area contributed by atoms with Crippen LogP contribution in [0.4, 0.5) is 4.39 Å². The summed E-state index contributed by atoms with van der Waals surface area (Å²) >= 11 is 0. The highest BCUT2D eigenvalue weighted by atomic mass is 19.1. The molecule has 20 heavy (non-hydrogen) atoms. The van der Waals surface area contributed by atoms with Crippen molar-refractivity contribution in [3.05, 3.63) is 58.9 Å². The summed E-state index contributed by atoms with van der Waals surface area (Å²) in [4.78, 5) is 0. The summed E-state index contributed by atoms with van der Waals surface area (Å²) in [7, 11) is 0. The first kappa shape index (κ1) is 14.6. The van der Waals surface area contributed by atoms with Crippen molar-refractivity contribution in [3.63, 3.8) is 0 Å². The predicted octanol–water partition coefficient (Wildman–Crippen LogP) is 5.61. The maximum absolute atomic E-state index is 13.2. The van der Waals surface area contributed by atoms with Crippen LogP contribution in [-0.2, 0) is 6.42 Å². The largest absolute Gasteiger partial charge is 0.457 e. The molecular formula is C18H21FO. The second-order valence-electron chi connectivity index (χ2n) is 5.38. The summed E-state index contributed by atoms with van der Waals surface area (Å²) in [6.07, 6.45) is 0.979. The van der Waals surface area contributed by atoms with Crippen LogP contribution in [0, 0.1) is 12.7 Å². The molecule has 0 aliphatic rings. The molecule has 0 aliphatic carbocycles. The molecule has 2 aromatic rings. The number of aryl methyl sites for hydroxylation is 2. The van der Waals surface area contributed by atoms with Crippen LogP contribution < -0.4 is 4.74 Å². The fourth-order valence-corrected chi connectivity index (χ4v) is 2.33. The third kappa shape index (κ3) is 3.19. The average Bonchev–Trinajstić information content (AvgIpc) is 2.42. The van der Waals surface area contributed by atoms with Crippen LogP contribution in [0.3, 0.4) is 0 Å². The lowest BCUT2D eigenvalue weighted by Gasteiger charge is -2.14. The van der Waals surface area contributed by atoms with Crippen molar-refractivity contribution < 1.29 is 9.13 Å². The molecule has 2 heteroatoms. The lowest BCUT2D eigenvalue weighted by molar-refractivity contribution is 0.478. The lowest BCUT2D eigenvalue weighted by Crippen LogP contribution is -1.96. The van der Waals surface area contributed by atoms with E-state index >= 15 is 0 Å². The number of halogens is 1. The highest BCUT2D eigenvalue weighted by Gasteiger charge is 2.08. The van der Waals surface area contributed by atoms with Gasteiger partial charge in [-0.3, -0.25) is 0 Å². The molecule has 2 aromatic carbocycles. The van der Waals surface area contributed by atoms with Gasteiger partial charge in [-0.05, 0) is 66.3 Å². The molecule has 0 saturated carbocycles. The number of rotatable bonds is 4. The van der Waals surface area contributed by atoms with Crippen LogP contribution in [0.15, 0.2) is 36.4 Å². The summed E-state index contributed by atoms with van der Waals surface area (Å²) in [5.74, 6) is 1.77. The third-order valence-corrected chi connectivity index (χ3v) is 3.48. The van der Waals surface area contributed by atoms with E-state index < -0.39 is 0 Å². The van der Waals surface area contributed by atoms with Gasteiger partial charge in [-0.1, -0.05) is 26.8 Å². The minimum atomic E-state index is -0.207. The molecule has 0 bridgehead atoms. The van der Waals surface area contributed by atoms with Crippen molar-refractivity contribution >= 4 is 0 Å². The molecule has 0 aromatic heterocycles. The van der Waals surface area contributed by atoms with E-state index in [0.29, 0.717) is 17.2 Å². The van der Waals surface area contributed by atoms with Gasteiger partial charge in [0, 0.05) is 0 Å². The van der Waals surface area contributed by atoms with E-state index in [9.17, 15) is 4.39 Å². The maximum atomic E-state index is 13.2. The molecule has 0 radical (unpaired) electrons. The van der Waals surface area contributed by atoms with Gasteiger partial charge in [-0.2, -0.15) is 0 Å². The molecule has 0 unspecified atom stereocenters. The Morgan fingerprint density at radius 1 is 1.05 bits per heavy atom. The number of hydrogen-bond donors (Lipinski definition) is 0. The van der Waals surface area contributed by atoms with E-state index in [1.54, 1.807) is 19.1 Å². The van der Waals surface area contributed by atoms with Crippen LogP contribution in [-0.4, -0.2) is 0 Å². The smallest absolute Gasteiger partial charge is 0.127 e. The van der Waals surface area contributed by atoms with Gasteiger partial charge in [0.05, 0.1) is 0 Å². The first-order valence-electron chi connectivity index (χ1n) is 7.08. The molecule has 2 rings (SSSR count). The van der Waals surface area contributed by atoms with E-state index in [1.807, 2.05) is 6.07 Å². The Bertz CT molecular complexity index is 602. The molecule has 0 spiro atoms. The van der Waals surface area contributed by atoms with Crippen LogP contribution >= 0.6 is 0 Å². The lowest BCUT2D eigenvalue weighted by atomic mass is 9.95. The second kappa shape index (κ2) is 6.08. The molecule has 1 nitrogen and oxygen atoms in total. The standard InChI is InChI=1S/C18H21FO/c1-5-14-11-16(6-8-17(14)12(2)3)20-15-7-9-18(19)13(4)10-15/h6-12H,5H2,1-4H3. The Balaban J connectivity index is 2.27. The van der Waals surface area contributed by atoms with E-state index in [0.717, 1.165) is 12.2 Å². The maximum Gasteiger partial charge on any atom is 0.127 e. The highest BCUT2D eigenvalue weighted by Crippen LogP contribution is 2.28. The van der Waals surface area contributed by atoms with E-state index in [1.165, 1.54) is 17.2 Å². The van der Waals surface area contributed by atoms with Crippen LogP contribution in [0.5, 0.6) is 11.5 Å². The van der Waals surface area contributed by atoms with Crippen molar-refractivity contribution in [1.82, 2.24) is 0 Å². The van der Waals surface area contributed by atoms with Gasteiger partial charge in [0.1, 0.15) is 17.3 Å². The molecule has 0 saturated heterocycles. The van der Waals surface area contributed by atoms with Gasteiger partial charge >= 0.3 is 0 Å². The molecule has 0 amide bonds. The van der Waals surface area contributed by atoms with Gasteiger partial charge in [0.15, 0.2) is 0 Å². The molecule has 106 valence electrons. The topological polar surface area (TPSA) is 9.23 Å². The Hall–Kier alpha value is -1.83. The minimum absolute atomic E-state index is 0.207. The minimum Gasteiger partial charge on any atom is -0.457 e. The fraction of sp³-hybridized carbons (Fsp3) is 0.333. The molecule has 0 heterocycles. The van der Waals surface area contributed by atoms with E-state index in [4.69, 9.17) is 4.74 Å². The Kier molecular flexibility index (Phi) is 4.43. The summed E-state index contributed by atoms with van der Waals surface area (Å²) in [6, 6.07) is 11.0. The molecule has 0 N–H and O–H groups in total. The van der Waals surface area contributed by atoms with Gasteiger partial charge in [0.2, 0.25) is 0 Å². The predicted molar refractivity (Wildman–Crippen MR) is 81.1 cm³/mol. The first-order chi connectivity index (χ1) is 9.51. The number of hydrogen-bond acceptors (Lipinski definition) is 1. The van der Waals surface area contributed by atoms with Crippen molar-refractivity contribution in [2.24, 2.45) is 0 Å². The van der Waals surface area contributed by atoms with Crippen LogP contribution in [0.1, 0.15) is 43.4 Å². The van der Waals surface area contributed by atoms with Gasteiger partial charge in [0.25, 0.3) is 0 Å². The number of benzene rings is 2. The molecule has 0 fully saturated rings. The normalized spacial score (nSPS) is 10.9. The van der Waals surface area contributed by atoms with Crippen LogP contribution in [0.25, 0.3) is 0 Å². The molecular weight excluding hydrogens is 251 g/mol. The number of ether oxygens (including phenoxy) is 1. The monoisotopic (exact) mass is 272 g/mol. The fourth-order valence-electron chi connectivity index (χ4n) is 2.33. The van der Waals surface area contributed by atoms with Crippen LogP contribution in [0.2, 0.25) is 0 Å². The summed E-state index contributed by atoms with van der Waals surface area (Å²) in [5, 5.41) is 0. The van der Waals surface area contributed by atoms with Crippen molar-refractivity contribution in [1.29, 1.82) is 0 Å². The van der Waals surface area contributed by atoms with Gasteiger partial charge < -0.3 is 4.74 Å². The summed E-state index contributed by atoms with van der Waals surface area (Å²) < 4.78 is 19.1.